The summed E-state index contributed by atoms with van der Waals surface area (Å²) in [5, 5.41) is 24.3. The second kappa shape index (κ2) is 11.2. The number of hydrogen-bond donors (Lipinski definition) is 3. The number of nitrogens with one attached hydrogen (secondary N) is 1. The molecule has 1 spiro atoms. The van der Waals surface area contributed by atoms with Crippen molar-refractivity contribution in [3.05, 3.63) is 58.1 Å². The molecule has 2 aliphatic heterocycles. The van der Waals surface area contributed by atoms with Crippen molar-refractivity contribution in [2.45, 2.75) is 63.9 Å². The first kappa shape index (κ1) is 25.8. The Morgan fingerprint density at radius 2 is 1.94 bits per heavy atom. The third-order valence-corrected chi connectivity index (χ3v) is 7.39. The van der Waals surface area contributed by atoms with Crippen LogP contribution in [0.2, 0.25) is 5.02 Å². The molecule has 190 valence electrons. The van der Waals surface area contributed by atoms with E-state index in [2.05, 4.69) is 16.3 Å². The minimum Gasteiger partial charge on any atom is -0.508 e. The Labute approximate surface area is 212 Å². The molecule has 4 rings (SSSR count). The Morgan fingerprint density at radius 1 is 1.20 bits per heavy atom. The fourth-order valence-corrected chi connectivity index (χ4v) is 5.24. The summed E-state index contributed by atoms with van der Waals surface area (Å²) in [5.74, 6) is 0.0235. The van der Waals surface area contributed by atoms with Gasteiger partial charge >= 0.3 is 0 Å². The average Bonchev–Trinajstić information content (AvgIpc) is 3.19. The number of likely N-dealkylation sites (tertiary alicyclic amines) is 1. The zero-order valence-corrected chi connectivity index (χ0v) is 21.2. The minimum atomic E-state index is -0.739. The zero-order chi connectivity index (χ0) is 25.0. The van der Waals surface area contributed by atoms with Crippen LogP contribution in [-0.2, 0) is 16.9 Å². The molecule has 1 amide bonds. The van der Waals surface area contributed by atoms with Crippen LogP contribution in [0, 0.1) is 0 Å². The molecule has 8 heteroatoms. The van der Waals surface area contributed by atoms with Crippen LogP contribution in [0.15, 0.2) is 36.4 Å². The summed E-state index contributed by atoms with van der Waals surface area (Å²) in [5.41, 5.74) is 2.47. The number of β-amino-alcohol motifs (C(OH)–C–C–N with tert-alkyl or cyclic N) is 1. The fourth-order valence-electron chi connectivity index (χ4n) is 5.04. The fraction of sp³-hybridized carbons (Fsp3) is 0.519. The molecule has 2 heterocycles. The molecule has 7 nitrogen and oxygen atoms in total. The summed E-state index contributed by atoms with van der Waals surface area (Å²) >= 11 is 6.14. The summed E-state index contributed by atoms with van der Waals surface area (Å²) < 4.78 is 12.0. The van der Waals surface area contributed by atoms with Crippen LogP contribution >= 0.6 is 11.6 Å². The first-order valence-corrected chi connectivity index (χ1v) is 12.8. The monoisotopic (exact) mass is 502 g/mol. The van der Waals surface area contributed by atoms with E-state index in [1.807, 2.05) is 26.0 Å². The van der Waals surface area contributed by atoms with E-state index in [9.17, 15) is 15.0 Å². The van der Waals surface area contributed by atoms with Gasteiger partial charge in [0.05, 0.1) is 17.8 Å². The second-order valence-electron chi connectivity index (χ2n) is 9.52. The molecule has 35 heavy (non-hydrogen) atoms. The van der Waals surface area contributed by atoms with Gasteiger partial charge in [-0.05, 0) is 61.1 Å². The van der Waals surface area contributed by atoms with E-state index in [0.717, 1.165) is 49.4 Å². The Bertz CT molecular complexity index is 1030. The van der Waals surface area contributed by atoms with Crippen LogP contribution in [0.4, 0.5) is 0 Å². The number of phenols is 1. The topological polar surface area (TPSA) is 91.3 Å². The number of fused-ring (bicyclic) bond motifs is 2. The standard InChI is InChI=1S/C27H35ClN2O5/c1-3-20(4-2)29-26(33)23-7-6-21(31)14-25(23)34-17-22(32)15-30-11-9-27(10-12-30)24-8-5-19(28)13-18(24)16-35-27/h5-8,13-14,20,22,31-32H,3-4,9-12,15-17H2,1-2H3,(H,29,33)/t22-/m0/s1. The van der Waals surface area contributed by atoms with Crippen molar-refractivity contribution in [1.29, 1.82) is 0 Å². The van der Waals surface area contributed by atoms with E-state index in [4.69, 9.17) is 21.1 Å². The Hall–Kier alpha value is -2.32. The molecule has 0 unspecified atom stereocenters. The van der Waals surface area contributed by atoms with Crippen LogP contribution in [0.25, 0.3) is 0 Å². The molecule has 2 aliphatic rings. The maximum atomic E-state index is 12.7. The van der Waals surface area contributed by atoms with Crippen molar-refractivity contribution in [2.24, 2.45) is 0 Å². The zero-order valence-electron chi connectivity index (χ0n) is 20.4. The number of nitrogens with zero attached hydrogens (tertiary/aromatic N) is 1. The Kier molecular flexibility index (Phi) is 8.22. The minimum absolute atomic E-state index is 0.00744. The average molecular weight is 503 g/mol. The number of ether oxygens (including phenoxy) is 2. The van der Waals surface area contributed by atoms with Gasteiger partial charge in [-0.2, -0.15) is 0 Å². The molecule has 3 N–H and O–H groups in total. The normalized spacial score (nSPS) is 18.0. The number of halogens is 1. The lowest BCUT2D eigenvalue weighted by Gasteiger charge is -2.39. The van der Waals surface area contributed by atoms with Crippen molar-refractivity contribution in [1.82, 2.24) is 10.2 Å². The molecule has 0 radical (unpaired) electrons. The lowest BCUT2D eigenvalue weighted by molar-refractivity contribution is -0.0835. The number of carbonyl (C=O) groups excluding carboxylic acids is 1. The molecule has 0 aliphatic carbocycles. The van der Waals surface area contributed by atoms with E-state index < -0.39 is 6.10 Å². The van der Waals surface area contributed by atoms with Crippen molar-refractivity contribution in [3.63, 3.8) is 0 Å². The predicted molar refractivity (Wildman–Crippen MR) is 135 cm³/mol. The molecule has 2 aromatic carbocycles. The third-order valence-electron chi connectivity index (χ3n) is 7.16. The molecule has 2 aromatic rings. The number of piperidine rings is 1. The van der Waals surface area contributed by atoms with Gasteiger partial charge < -0.3 is 29.9 Å². The van der Waals surface area contributed by atoms with Gasteiger partial charge in [0.25, 0.3) is 5.91 Å². The predicted octanol–water partition coefficient (Wildman–Crippen LogP) is 4.23. The largest absolute Gasteiger partial charge is 0.508 e. The van der Waals surface area contributed by atoms with E-state index in [0.29, 0.717) is 18.7 Å². The molecule has 0 aromatic heterocycles. The summed E-state index contributed by atoms with van der Waals surface area (Å²) in [4.78, 5) is 14.9. The molecule has 0 saturated carbocycles. The van der Waals surface area contributed by atoms with Gasteiger partial charge in [-0.3, -0.25) is 4.79 Å². The van der Waals surface area contributed by atoms with Crippen LogP contribution in [0.3, 0.4) is 0 Å². The summed E-state index contributed by atoms with van der Waals surface area (Å²) in [7, 11) is 0. The molecule has 1 fully saturated rings. The van der Waals surface area contributed by atoms with Crippen molar-refractivity contribution in [2.75, 3.05) is 26.2 Å². The number of benzene rings is 2. The number of aliphatic hydroxyl groups is 1. The van der Waals surface area contributed by atoms with E-state index in [-0.39, 0.29) is 35.7 Å². The first-order chi connectivity index (χ1) is 16.8. The van der Waals surface area contributed by atoms with Crippen molar-refractivity contribution < 1.29 is 24.5 Å². The highest BCUT2D eigenvalue weighted by Gasteiger charge is 2.42. The van der Waals surface area contributed by atoms with Gasteiger partial charge in [-0.15, -0.1) is 0 Å². The van der Waals surface area contributed by atoms with Crippen LogP contribution < -0.4 is 10.1 Å². The van der Waals surface area contributed by atoms with Crippen molar-refractivity contribution >= 4 is 17.5 Å². The second-order valence-corrected chi connectivity index (χ2v) is 9.95. The number of phenolic OH excluding ortho intramolecular Hbond substituents is 1. The number of carbonyl (C=O) groups is 1. The number of rotatable bonds is 9. The lowest BCUT2D eigenvalue weighted by Crippen LogP contribution is -2.46. The van der Waals surface area contributed by atoms with Gasteiger partial charge in [0.1, 0.15) is 24.2 Å². The number of aromatic hydroxyl groups is 1. The van der Waals surface area contributed by atoms with E-state index in [1.165, 1.54) is 17.7 Å². The SMILES string of the molecule is CCC(CC)NC(=O)c1ccc(O)cc1OC[C@@H](O)CN1CCC2(CC1)OCc1cc(Cl)ccc12. The summed E-state index contributed by atoms with van der Waals surface area (Å²) in [6.45, 7) is 6.71. The lowest BCUT2D eigenvalue weighted by atomic mass is 9.84. The van der Waals surface area contributed by atoms with Gasteiger partial charge in [-0.1, -0.05) is 31.5 Å². The molecule has 0 bridgehead atoms. The maximum Gasteiger partial charge on any atom is 0.255 e. The Balaban J connectivity index is 1.31. The van der Waals surface area contributed by atoms with Crippen molar-refractivity contribution in [3.8, 4) is 11.5 Å². The van der Waals surface area contributed by atoms with Gasteiger partial charge in [0.2, 0.25) is 0 Å². The third kappa shape index (κ3) is 5.92. The first-order valence-electron chi connectivity index (χ1n) is 12.4. The highest BCUT2D eigenvalue weighted by atomic mass is 35.5. The number of hydrogen-bond acceptors (Lipinski definition) is 6. The van der Waals surface area contributed by atoms with E-state index in [1.54, 1.807) is 6.07 Å². The van der Waals surface area contributed by atoms with Crippen LogP contribution in [-0.4, -0.2) is 59.4 Å². The smallest absolute Gasteiger partial charge is 0.255 e. The maximum absolute atomic E-state index is 12.7. The highest BCUT2D eigenvalue weighted by molar-refractivity contribution is 6.30. The van der Waals surface area contributed by atoms with Gasteiger partial charge in [0.15, 0.2) is 0 Å². The van der Waals surface area contributed by atoms with Crippen LogP contribution in [0.1, 0.15) is 61.0 Å². The number of amides is 1. The van der Waals surface area contributed by atoms with E-state index >= 15 is 0 Å². The van der Waals surface area contributed by atoms with Crippen LogP contribution in [0.5, 0.6) is 11.5 Å². The highest BCUT2D eigenvalue weighted by Crippen LogP contribution is 2.44. The quantitative estimate of drug-likeness (QED) is 0.475. The Morgan fingerprint density at radius 3 is 2.66 bits per heavy atom. The summed E-state index contributed by atoms with van der Waals surface area (Å²) in [6, 6.07) is 10.5. The van der Waals surface area contributed by atoms with Gasteiger partial charge in [0, 0.05) is 36.8 Å². The molecule has 1 atom stereocenters. The van der Waals surface area contributed by atoms with Gasteiger partial charge in [-0.25, -0.2) is 0 Å². The summed E-state index contributed by atoms with van der Waals surface area (Å²) in [6.07, 6.45) is 2.62. The number of aliphatic hydroxyl groups excluding tert-OH is 1. The molecule has 1 saturated heterocycles. The molecular weight excluding hydrogens is 468 g/mol. The molecular formula is C27H35ClN2O5.